The molecule has 2 aromatic carbocycles. The maximum atomic E-state index is 12.3. The normalized spacial score (nSPS) is 12.3. The van der Waals surface area contributed by atoms with Gasteiger partial charge in [0.2, 0.25) is 11.8 Å². The van der Waals surface area contributed by atoms with Gasteiger partial charge in [-0.2, -0.15) is 0 Å². The number of rotatable bonds is 7. The van der Waals surface area contributed by atoms with Gasteiger partial charge in [0.05, 0.1) is 0 Å². The van der Waals surface area contributed by atoms with Gasteiger partial charge in [0, 0.05) is 38.2 Å². The fraction of sp³-hybridized carbons (Fsp3) is 0.333. The molecular weight excluding hydrogens is 344 g/mol. The third-order valence-corrected chi connectivity index (χ3v) is 4.39. The molecule has 0 saturated heterocycles. The van der Waals surface area contributed by atoms with E-state index < -0.39 is 0 Å². The van der Waals surface area contributed by atoms with Crippen molar-refractivity contribution >= 4 is 17.5 Å². The Kier molecular flexibility index (Phi) is 6.30. The number of hydrogen-bond donors (Lipinski definition) is 1. The number of nitrogens with one attached hydrogen (secondary N) is 1. The molecule has 142 valence electrons. The lowest BCUT2D eigenvalue weighted by Crippen LogP contribution is -2.33. The van der Waals surface area contributed by atoms with E-state index in [9.17, 15) is 9.59 Å². The second-order valence-electron chi connectivity index (χ2n) is 6.40. The Labute approximate surface area is 159 Å². The first-order valence-electron chi connectivity index (χ1n) is 9.11. The van der Waals surface area contributed by atoms with Crippen molar-refractivity contribution in [3.63, 3.8) is 0 Å². The van der Waals surface area contributed by atoms with E-state index >= 15 is 0 Å². The number of carbonyl (C=O) groups is 2. The first-order chi connectivity index (χ1) is 13.1. The quantitative estimate of drug-likeness (QED) is 0.816. The van der Waals surface area contributed by atoms with Gasteiger partial charge >= 0.3 is 0 Å². The van der Waals surface area contributed by atoms with Crippen molar-refractivity contribution in [2.45, 2.75) is 19.8 Å². The summed E-state index contributed by atoms with van der Waals surface area (Å²) in [7, 11) is 0. The minimum Gasteiger partial charge on any atom is -0.486 e. The molecule has 6 heteroatoms. The molecule has 6 nitrogen and oxygen atoms in total. The molecule has 2 amide bonds. The predicted octanol–water partition coefficient (Wildman–Crippen LogP) is 2.88. The SMILES string of the molecule is CC(=O)N(CCC(=O)Nc1ccc2c(c1)OCCO2)CCc1ccccc1. The van der Waals surface area contributed by atoms with Crippen molar-refractivity contribution in [3.8, 4) is 11.5 Å². The molecule has 0 aliphatic carbocycles. The average molecular weight is 368 g/mol. The smallest absolute Gasteiger partial charge is 0.226 e. The Balaban J connectivity index is 1.49. The van der Waals surface area contributed by atoms with Gasteiger partial charge < -0.3 is 19.7 Å². The summed E-state index contributed by atoms with van der Waals surface area (Å²) in [5.74, 6) is 1.14. The fourth-order valence-corrected chi connectivity index (χ4v) is 2.92. The third kappa shape index (κ3) is 5.48. The molecule has 0 atom stereocenters. The van der Waals surface area contributed by atoms with E-state index in [1.165, 1.54) is 12.5 Å². The van der Waals surface area contributed by atoms with E-state index in [0.29, 0.717) is 43.5 Å². The zero-order valence-electron chi connectivity index (χ0n) is 15.4. The molecule has 0 radical (unpaired) electrons. The monoisotopic (exact) mass is 368 g/mol. The van der Waals surface area contributed by atoms with Crippen LogP contribution in [0.2, 0.25) is 0 Å². The highest BCUT2D eigenvalue weighted by Crippen LogP contribution is 2.32. The van der Waals surface area contributed by atoms with E-state index in [1.54, 1.807) is 23.1 Å². The van der Waals surface area contributed by atoms with E-state index in [0.717, 1.165) is 6.42 Å². The molecule has 0 fully saturated rings. The Morgan fingerprint density at radius 2 is 1.74 bits per heavy atom. The first kappa shape index (κ1) is 18.8. The van der Waals surface area contributed by atoms with Crippen LogP contribution in [0.1, 0.15) is 18.9 Å². The van der Waals surface area contributed by atoms with Crippen molar-refractivity contribution in [2.75, 3.05) is 31.6 Å². The van der Waals surface area contributed by atoms with Gasteiger partial charge in [-0.3, -0.25) is 9.59 Å². The fourth-order valence-electron chi connectivity index (χ4n) is 2.92. The van der Waals surface area contributed by atoms with Gasteiger partial charge in [0.1, 0.15) is 13.2 Å². The minimum absolute atomic E-state index is 0.0296. The zero-order chi connectivity index (χ0) is 19.1. The molecule has 0 unspecified atom stereocenters. The Morgan fingerprint density at radius 3 is 2.48 bits per heavy atom. The average Bonchev–Trinajstić information content (AvgIpc) is 2.68. The molecule has 1 heterocycles. The van der Waals surface area contributed by atoms with Crippen LogP contribution in [0.5, 0.6) is 11.5 Å². The number of hydrogen-bond acceptors (Lipinski definition) is 4. The number of fused-ring (bicyclic) bond motifs is 1. The number of benzene rings is 2. The number of carbonyl (C=O) groups excluding carboxylic acids is 2. The van der Waals surface area contributed by atoms with Crippen LogP contribution in [0.25, 0.3) is 0 Å². The molecule has 0 saturated carbocycles. The summed E-state index contributed by atoms with van der Waals surface area (Å²) < 4.78 is 11.0. The lowest BCUT2D eigenvalue weighted by Gasteiger charge is -2.21. The summed E-state index contributed by atoms with van der Waals surface area (Å²) in [5, 5.41) is 2.85. The van der Waals surface area contributed by atoms with E-state index in [-0.39, 0.29) is 18.2 Å². The Bertz CT molecular complexity index is 792. The molecule has 0 spiro atoms. The molecule has 27 heavy (non-hydrogen) atoms. The minimum atomic E-state index is -0.141. The lowest BCUT2D eigenvalue weighted by atomic mass is 10.1. The van der Waals surface area contributed by atoms with Crippen LogP contribution in [0.15, 0.2) is 48.5 Å². The highest BCUT2D eigenvalue weighted by Gasteiger charge is 2.14. The summed E-state index contributed by atoms with van der Waals surface area (Å²) in [6, 6.07) is 15.3. The number of anilines is 1. The van der Waals surface area contributed by atoms with Crippen molar-refractivity contribution < 1.29 is 19.1 Å². The van der Waals surface area contributed by atoms with Gasteiger partial charge in [-0.1, -0.05) is 30.3 Å². The number of amides is 2. The van der Waals surface area contributed by atoms with Crippen molar-refractivity contribution in [2.24, 2.45) is 0 Å². The molecule has 1 aliphatic rings. The standard InChI is InChI=1S/C21H24N2O4/c1-16(24)23(11-9-17-5-3-2-4-6-17)12-10-21(25)22-18-7-8-19-20(15-18)27-14-13-26-19/h2-8,15H,9-14H2,1H3,(H,22,25). The number of nitrogens with zero attached hydrogens (tertiary/aromatic N) is 1. The van der Waals surface area contributed by atoms with Gasteiger partial charge in [-0.25, -0.2) is 0 Å². The molecule has 0 bridgehead atoms. The highest BCUT2D eigenvalue weighted by molar-refractivity contribution is 5.91. The van der Waals surface area contributed by atoms with Crippen LogP contribution in [-0.4, -0.2) is 43.0 Å². The lowest BCUT2D eigenvalue weighted by molar-refractivity contribution is -0.129. The van der Waals surface area contributed by atoms with Crippen LogP contribution in [0, 0.1) is 0 Å². The molecule has 2 aromatic rings. The van der Waals surface area contributed by atoms with Crippen LogP contribution >= 0.6 is 0 Å². The molecule has 1 N–H and O–H groups in total. The van der Waals surface area contributed by atoms with Crippen LogP contribution in [0.3, 0.4) is 0 Å². The summed E-state index contributed by atoms with van der Waals surface area (Å²) in [6.45, 7) is 3.54. The van der Waals surface area contributed by atoms with Crippen LogP contribution < -0.4 is 14.8 Å². The first-order valence-corrected chi connectivity index (χ1v) is 9.11. The maximum absolute atomic E-state index is 12.3. The molecular formula is C21H24N2O4. The highest BCUT2D eigenvalue weighted by atomic mass is 16.6. The van der Waals surface area contributed by atoms with Crippen molar-refractivity contribution in [1.29, 1.82) is 0 Å². The van der Waals surface area contributed by atoms with Gasteiger partial charge in [0.15, 0.2) is 11.5 Å². The second-order valence-corrected chi connectivity index (χ2v) is 6.40. The van der Waals surface area contributed by atoms with E-state index in [4.69, 9.17) is 9.47 Å². The summed E-state index contributed by atoms with van der Waals surface area (Å²) in [4.78, 5) is 25.8. The van der Waals surface area contributed by atoms with E-state index in [2.05, 4.69) is 5.32 Å². The second kappa shape index (κ2) is 9.07. The third-order valence-electron chi connectivity index (χ3n) is 4.39. The van der Waals surface area contributed by atoms with Crippen LogP contribution in [-0.2, 0) is 16.0 Å². The van der Waals surface area contributed by atoms with E-state index in [1.807, 2.05) is 30.3 Å². The molecule has 1 aliphatic heterocycles. The molecule has 3 rings (SSSR count). The van der Waals surface area contributed by atoms with Gasteiger partial charge in [0.25, 0.3) is 0 Å². The zero-order valence-corrected chi connectivity index (χ0v) is 15.4. The van der Waals surface area contributed by atoms with Gasteiger partial charge in [-0.05, 0) is 24.1 Å². The topological polar surface area (TPSA) is 67.9 Å². The number of ether oxygens (including phenoxy) is 2. The van der Waals surface area contributed by atoms with Crippen molar-refractivity contribution in [1.82, 2.24) is 4.90 Å². The van der Waals surface area contributed by atoms with Gasteiger partial charge in [-0.15, -0.1) is 0 Å². The molecule has 0 aromatic heterocycles. The summed E-state index contributed by atoms with van der Waals surface area (Å²) in [5.41, 5.74) is 1.83. The predicted molar refractivity (Wildman–Crippen MR) is 103 cm³/mol. The Hall–Kier alpha value is -3.02. The Morgan fingerprint density at radius 1 is 1.00 bits per heavy atom. The summed E-state index contributed by atoms with van der Waals surface area (Å²) in [6.07, 6.45) is 1.01. The summed E-state index contributed by atoms with van der Waals surface area (Å²) >= 11 is 0. The largest absolute Gasteiger partial charge is 0.486 e. The maximum Gasteiger partial charge on any atom is 0.226 e. The van der Waals surface area contributed by atoms with Crippen molar-refractivity contribution in [3.05, 3.63) is 54.1 Å². The van der Waals surface area contributed by atoms with Crippen LogP contribution in [0.4, 0.5) is 5.69 Å².